The average Bonchev–Trinajstić information content (AvgIpc) is 2.74. The molecule has 11 heteroatoms. The molecule has 0 radical (unpaired) electrons. The van der Waals surface area contributed by atoms with Crippen molar-refractivity contribution in [3.05, 3.63) is 35.9 Å². The Morgan fingerprint density at radius 2 is 1.13 bits per heavy atom. The van der Waals surface area contributed by atoms with Crippen molar-refractivity contribution in [1.29, 1.82) is 0 Å². The second-order valence-corrected chi connectivity index (χ2v) is 11.9. The molecule has 0 bridgehead atoms. The van der Waals surface area contributed by atoms with E-state index in [1.54, 1.807) is 86.6 Å². The molecule has 1 rings (SSSR count). The zero-order chi connectivity index (χ0) is 30.0. The highest BCUT2D eigenvalue weighted by molar-refractivity contribution is 5.91. The van der Waals surface area contributed by atoms with E-state index in [9.17, 15) is 24.0 Å². The number of nitrogens with one attached hydrogen (secondary N) is 2. The molecule has 2 N–H and O–H groups in total. The van der Waals surface area contributed by atoms with Crippen LogP contribution in [-0.4, -0.2) is 58.8 Å². The van der Waals surface area contributed by atoms with Gasteiger partial charge in [0.1, 0.15) is 35.5 Å². The lowest BCUT2D eigenvalue weighted by atomic mass is 10.1. The SMILES string of the molecule is CC(C)(C)OC(=O)N[C@@H](CC(=O)N[C@@H](CC(=O)OCc1ccccc1)C(=O)OC(C)(C)C)C(=O)OC(C)(C)C. The maximum atomic E-state index is 13.0. The standard InChI is InChI=1S/C28H42N2O9/c1-26(2,3)37-23(33)19(30-25(35)39-28(7,8)9)15-21(31)29-20(24(34)38-27(4,5)6)16-22(32)36-17-18-13-11-10-12-14-18/h10-14,19-20H,15-17H2,1-9H3,(H,29,31)(H,30,35)/t19-,20-/m0/s1. The van der Waals surface area contributed by atoms with Crippen molar-refractivity contribution in [2.75, 3.05) is 0 Å². The molecule has 0 saturated carbocycles. The van der Waals surface area contributed by atoms with E-state index >= 15 is 0 Å². The first-order valence-electron chi connectivity index (χ1n) is 12.7. The second-order valence-electron chi connectivity index (χ2n) is 11.9. The summed E-state index contributed by atoms with van der Waals surface area (Å²) in [6.45, 7) is 14.7. The van der Waals surface area contributed by atoms with Crippen molar-refractivity contribution in [3.8, 4) is 0 Å². The predicted octanol–water partition coefficient (Wildman–Crippen LogP) is 3.57. The quantitative estimate of drug-likeness (QED) is 0.330. The van der Waals surface area contributed by atoms with Crippen LogP contribution in [0, 0.1) is 0 Å². The van der Waals surface area contributed by atoms with E-state index in [4.69, 9.17) is 18.9 Å². The maximum absolute atomic E-state index is 13.0. The molecule has 1 aromatic carbocycles. The Hall–Kier alpha value is -3.63. The first-order valence-corrected chi connectivity index (χ1v) is 12.7. The van der Waals surface area contributed by atoms with Crippen LogP contribution < -0.4 is 10.6 Å². The molecule has 39 heavy (non-hydrogen) atoms. The Kier molecular flexibility index (Phi) is 12.0. The van der Waals surface area contributed by atoms with Gasteiger partial charge in [-0.15, -0.1) is 0 Å². The lowest BCUT2D eigenvalue weighted by molar-refractivity contribution is -0.162. The molecule has 0 aromatic heterocycles. The van der Waals surface area contributed by atoms with Gasteiger partial charge in [0.05, 0.1) is 12.8 Å². The molecule has 2 atom stereocenters. The summed E-state index contributed by atoms with van der Waals surface area (Å²) in [6, 6.07) is 6.12. The number of amides is 2. The summed E-state index contributed by atoms with van der Waals surface area (Å²) >= 11 is 0. The van der Waals surface area contributed by atoms with Crippen LogP contribution in [0.5, 0.6) is 0 Å². The molecule has 0 saturated heterocycles. The third-order valence-corrected chi connectivity index (χ3v) is 4.41. The number of benzene rings is 1. The second kappa shape index (κ2) is 14.0. The monoisotopic (exact) mass is 550 g/mol. The summed E-state index contributed by atoms with van der Waals surface area (Å²) in [5, 5.41) is 4.77. The van der Waals surface area contributed by atoms with Gasteiger partial charge >= 0.3 is 24.0 Å². The van der Waals surface area contributed by atoms with Crippen LogP contribution >= 0.6 is 0 Å². The number of hydrogen-bond acceptors (Lipinski definition) is 9. The van der Waals surface area contributed by atoms with Crippen molar-refractivity contribution in [1.82, 2.24) is 10.6 Å². The molecule has 1 aromatic rings. The fourth-order valence-corrected chi connectivity index (χ4v) is 2.98. The Labute approximate surface area is 230 Å². The Morgan fingerprint density at radius 3 is 1.59 bits per heavy atom. The number of hydrogen-bond donors (Lipinski definition) is 2. The number of esters is 3. The van der Waals surface area contributed by atoms with E-state index in [1.165, 1.54) is 0 Å². The highest BCUT2D eigenvalue weighted by Crippen LogP contribution is 2.14. The molecule has 0 spiro atoms. The van der Waals surface area contributed by atoms with E-state index in [2.05, 4.69) is 10.6 Å². The molecule has 0 aliphatic heterocycles. The fraction of sp³-hybridized carbons (Fsp3) is 0.607. The van der Waals surface area contributed by atoms with Gasteiger partial charge in [-0.2, -0.15) is 0 Å². The smallest absolute Gasteiger partial charge is 0.408 e. The van der Waals surface area contributed by atoms with Crippen molar-refractivity contribution in [2.24, 2.45) is 0 Å². The van der Waals surface area contributed by atoms with E-state index < -0.39 is 71.6 Å². The molecule has 218 valence electrons. The number of carbonyl (C=O) groups is 5. The van der Waals surface area contributed by atoms with Gasteiger partial charge in [-0.3, -0.25) is 9.59 Å². The van der Waals surface area contributed by atoms with Crippen LogP contribution in [0.4, 0.5) is 4.79 Å². The van der Waals surface area contributed by atoms with Gasteiger partial charge in [0.2, 0.25) is 5.91 Å². The zero-order valence-corrected chi connectivity index (χ0v) is 24.3. The van der Waals surface area contributed by atoms with E-state index in [0.29, 0.717) is 0 Å². The van der Waals surface area contributed by atoms with Gasteiger partial charge in [-0.1, -0.05) is 30.3 Å². The van der Waals surface area contributed by atoms with Gasteiger partial charge in [0.15, 0.2) is 0 Å². The Balaban J connectivity index is 3.01. The zero-order valence-electron chi connectivity index (χ0n) is 24.3. The first kappa shape index (κ1) is 33.4. The Bertz CT molecular complexity index is 1000. The minimum absolute atomic E-state index is 0.0187. The molecule has 0 aliphatic rings. The maximum Gasteiger partial charge on any atom is 0.408 e. The summed E-state index contributed by atoms with van der Waals surface area (Å²) in [4.78, 5) is 63.4. The predicted molar refractivity (Wildman–Crippen MR) is 142 cm³/mol. The average molecular weight is 551 g/mol. The van der Waals surface area contributed by atoms with Gasteiger partial charge in [-0.05, 0) is 67.9 Å². The van der Waals surface area contributed by atoms with E-state index in [-0.39, 0.29) is 6.61 Å². The summed E-state index contributed by atoms with van der Waals surface area (Å²) in [7, 11) is 0. The summed E-state index contributed by atoms with van der Waals surface area (Å²) in [6.07, 6.45) is -2.03. The largest absolute Gasteiger partial charge is 0.461 e. The van der Waals surface area contributed by atoms with Crippen LogP contribution in [-0.2, 0) is 44.7 Å². The lowest BCUT2D eigenvalue weighted by Crippen LogP contribution is -2.51. The van der Waals surface area contributed by atoms with Crippen molar-refractivity contribution >= 4 is 29.9 Å². The summed E-state index contributed by atoms with van der Waals surface area (Å²) in [5.74, 6) is -3.29. The molecule has 0 fully saturated rings. The minimum atomic E-state index is -1.43. The minimum Gasteiger partial charge on any atom is -0.461 e. The molecule has 0 unspecified atom stereocenters. The topological polar surface area (TPSA) is 146 Å². The number of carbonyl (C=O) groups excluding carboxylic acids is 5. The van der Waals surface area contributed by atoms with Crippen molar-refractivity contribution in [2.45, 2.75) is 111 Å². The van der Waals surface area contributed by atoms with Gasteiger partial charge < -0.3 is 29.6 Å². The van der Waals surface area contributed by atoms with Crippen molar-refractivity contribution < 1.29 is 42.9 Å². The summed E-state index contributed by atoms with van der Waals surface area (Å²) in [5.41, 5.74) is -1.90. The molecule has 0 aliphatic carbocycles. The number of ether oxygens (including phenoxy) is 4. The van der Waals surface area contributed by atoms with Crippen LogP contribution in [0.2, 0.25) is 0 Å². The van der Waals surface area contributed by atoms with E-state index in [0.717, 1.165) is 5.56 Å². The van der Waals surface area contributed by atoms with Crippen LogP contribution in [0.15, 0.2) is 30.3 Å². The molecular formula is C28H42N2O9. The normalized spacial score (nSPS) is 13.4. The summed E-state index contributed by atoms with van der Waals surface area (Å²) < 4.78 is 21.1. The van der Waals surface area contributed by atoms with Crippen LogP contribution in [0.3, 0.4) is 0 Å². The van der Waals surface area contributed by atoms with Gasteiger partial charge in [0.25, 0.3) is 0 Å². The Morgan fingerprint density at radius 1 is 0.667 bits per heavy atom. The number of rotatable bonds is 10. The van der Waals surface area contributed by atoms with Gasteiger partial charge in [-0.25, -0.2) is 14.4 Å². The number of alkyl carbamates (subject to hydrolysis) is 1. The van der Waals surface area contributed by atoms with Crippen LogP contribution in [0.1, 0.15) is 80.7 Å². The fourth-order valence-electron chi connectivity index (χ4n) is 2.98. The van der Waals surface area contributed by atoms with Gasteiger partial charge in [0, 0.05) is 0 Å². The van der Waals surface area contributed by atoms with Crippen LogP contribution in [0.25, 0.3) is 0 Å². The highest BCUT2D eigenvalue weighted by atomic mass is 16.6. The van der Waals surface area contributed by atoms with Crippen molar-refractivity contribution in [3.63, 3.8) is 0 Å². The lowest BCUT2D eigenvalue weighted by Gasteiger charge is -2.27. The highest BCUT2D eigenvalue weighted by Gasteiger charge is 2.34. The molecule has 2 amide bonds. The molecule has 0 heterocycles. The first-order chi connectivity index (χ1) is 17.7. The van der Waals surface area contributed by atoms with E-state index in [1.807, 2.05) is 6.07 Å². The molecule has 11 nitrogen and oxygen atoms in total. The third kappa shape index (κ3) is 15.4. The third-order valence-electron chi connectivity index (χ3n) is 4.41. The molecular weight excluding hydrogens is 508 g/mol.